The number of hydrogen-bond donors (Lipinski definition) is 1. The molecule has 1 aromatic rings. The van der Waals surface area contributed by atoms with Gasteiger partial charge in [-0.1, -0.05) is 6.92 Å². The van der Waals surface area contributed by atoms with Crippen LogP contribution in [0.4, 0.5) is 0 Å². The van der Waals surface area contributed by atoms with Gasteiger partial charge < -0.3 is 9.73 Å². The van der Waals surface area contributed by atoms with E-state index in [1.54, 1.807) is 0 Å². The molecule has 1 atom stereocenters. The van der Waals surface area contributed by atoms with Crippen LogP contribution in [-0.2, 0) is 0 Å². The Morgan fingerprint density at radius 2 is 2.20 bits per heavy atom. The Morgan fingerprint density at radius 3 is 2.67 bits per heavy atom. The van der Waals surface area contributed by atoms with Gasteiger partial charge in [0.25, 0.3) is 0 Å². The molecule has 1 rings (SSSR count). The largest absolute Gasteiger partial charge is 0.466 e. The van der Waals surface area contributed by atoms with E-state index >= 15 is 0 Å². The summed E-state index contributed by atoms with van der Waals surface area (Å²) >= 11 is 0. The van der Waals surface area contributed by atoms with Crippen molar-refractivity contribution in [2.45, 2.75) is 40.2 Å². The van der Waals surface area contributed by atoms with Gasteiger partial charge in [0, 0.05) is 18.0 Å². The molecule has 0 radical (unpaired) electrons. The van der Waals surface area contributed by atoms with E-state index in [0.29, 0.717) is 6.04 Å². The zero-order valence-corrected chi connectivity index (χ0v) is 9.98. The highest BCUT2D eigenvalue weighted by Gasteiger charge is 2.14. The van der Waals surface area contributed by atoms with Gasteiger partial charge in [0.2, 0.25) is 0 Å². The molecule has 0 bridgehead atoms. The molecule has 0 spiro atoms. The van der Waals surface area contributed by atoms with Gasteiger partial charge in [-0.3, -0.25) is 0 Å². The van der Waals surface area contributed by atoms with Crippen LogP contribution in [0.25, 0.3) is 0 Å². The number of nitrogens with one attached hydrogen (secondary N) is 1. The quantitative estimate of drug-likeness (QED) is 0.764. The fourth-order valence-corrected chi connectivity index (χ4v) is 1.74. The zero-order chi connectivity index (χ0) is 11.3. The van der Waals surface area contributed by atoms with E-state index in [1.165, 1.54) is 5.56 Å². The first-order chi connectivity index (χ1) is 7.19. The van der Waals surface area contributed by atoms with E-state index in [-0.39, 0.29) is 0 Å². The topological polar surface area (TPSA) is 25.2 Å². The maximum atomic E-state index is 5.53. The molecular formula is C13H19NO. The Labute approximate surface area is 92.1 Å². The minimum Gasteiger partial charge on any atom is -0.466 e. The lowest BCUT2D eigenvalue weighted by atomic mass is 10.0. The summed E-state index contributed by atoms with van der Waals surface area (Å²) in [7, 11) is 0. The van der Waals surface area contributed by atoms with E-state index in [4.69, 9.17) is 4.42 Å². The average molecular weight is 205 g/mol. The van der Waals surface area contributed by atoms with Gasteiger partial charge in [0.05, 0.1) is 0 Å². The highest BCUT2D eigenvalue weighted by Crippen LogP contribution is 2.23. The molecule has 1 unspecified atom stereocenters. The van der Waals surface area contributed by atoms with Crippen LogP contribution in [0.2, 0.25) is 0 Å². The summed E-state index contributed by atoms with van der Waals surface area (Å²) in [6.07, 6.45) is 0.837. The molecule has 0 amide bonds. The molecule has 0 saturated carbocycles. The molecule has 2 heteroatoms. The van der Waals surface area contributed by atoms with Crippen LogP contribution in [0, 0.1) is 25.7 Å². The number of rotatable bonds is 4. The third kappa shape index (κ3) is 3.14. The van der Waals surface area contributed by atoms with Crippen molar-refractivity contribution in [3.8, 4) is 11.8 Å². The molecule has 1 heterocycles. The summed E-state index contributed by atoms with van der Waals surface area (Å²) in [6.45, 7) is 8.90. The van der Waals surface area contributed by atoms with Crippen LogP contribution < -0.4 is 5.32 Å². The van der Waals surface area contributed by atoms with Crippen LogP contribution in [0.5, 0.6) is 0 Å². The highest BCUT2D eigenvalue weighted by molar-refractivity contribution is 5.25. The van der Waals surface area contributed by atoms with Crippen molar-refractivity contribution < 1.29 is 4.42 Å². The summed E-state index contributed by atoms with van der Waals surface area (Å²) in [5.74, 6) is 8.01. The molecule has 82 valence electrons. The number of hydrogen-bond acceptors (Lipinski definition) is 2. The Hall–Kier alpha value is -1.20. The van der Waals surface area contributed by atoms with Crippen molar-refractivity contribution in [1.82, 2.24) is 5.32 Å². The minimum atomic E-state index is 0.292. The van der Waals surface area contributed by atoms with Crippen molar-refractivity contribution in [3.63, 3.8) is 0 Å². The summed E-state index contributed by atoms with van der Waals surface area (Å²) < 4.78 is 5.53. The van der Waals surface area contributed by atoms with E-state index in [2.05, 4.69) is 30.1 Å². The van der Waals surface area contributed by atoms with Crippen molar-refractivity contribution in [1.29, 1.82) is 0 Å². The van der Waals surface area contributed by atoms with E-state index in [9.17, 15) is 0 Å². The van der Waals surface area contributed by atoms with Gasteiger partial charge in [-0.05, 0) is 33.4 Å². The lowest BCUT2D eigenvalue weighted by Gasteiger charge is -2.14. The van der Waals surface area contributed by atoms with Crippen molar-refractivity contribution >= 4 is 0 Å². The molecule has 0 aliphatic heterocycles. The molecule has 0 aliphatic carbocycles. The molecule has 0 fully saturated rings. The van der Waals surface area contributed by atoms with Crippen LogP contribution in [0.15, 0.2) is 10.5 Å². The smallest absolute Gasteiger partial charge is 0.105 e. The van der Waals surface area contributed by atoms with Gasteiger partial charge in [-0.2, -0.15) is 0 Å². The normalized spacial score (nSPS) is 12.0. The summed E-state index contributed by atoms with van der Waals surface area (Å²) in [5, 5.41) is 3.43. The van der Waals surface area contributed by atoms with Crippen LogP contribution in [0.3, 0.4) is 0 Å². The summed E-state index contributed by atoms with van der Waals surface area (Å²) in [5.41, 5.74) is 1.23. The maximum Gasteiger partial charge on any atom is 0.105 e. The van der Waals surface area contributed by atoms with Crippen molar-refractivity contribution in [2.24, 2.45) is 0 Å². The van der Waals surface area contributed by atoms with Crippen LogP contribution in [-0.4, -0.2) is 6.54 Å². The van der Waals surface area contributed by atoms with Gasteiger partial charge in [-0.25, -0.2) is 0 Å². The molecule has 0 aliphatic rings. The van der Waals surface area contributed by atoms with Gasteiger partial charge in [-0.15, -0.1) is 11.8 Å². The predicted octanol–water partition coefficient (Wildman–Crippen LogP) is 2.96. The Balaban J connectivity index is 2.85. The van der Waals surface area contributed by atoms with Crippen LogP contribution >= 0.6 is 0 Å². The Kier molecular flexibility index (Phi) is 4.45. The summed E-state index contributed by atoms with van der Waals surface area (Å²) in [6, 6.07) is 2.39. The van der Waals surface area contributed by atoms with Gasteiger partial charge in [0.1, 0.15) is 11.5 Å². The molecule has 1 N–H and O–H groups in total. The van der Waals surface area contributed by atoms with Gasteiger partial charge in [0.15, 0.2) is 0 Å². The van der Waals surface area contributed by atoms with Crippen molar-refractivity contribution in [3.05, 3.63) is 23.2 Å². The highest BCUT2D eigenvalue weighted by atomic mass is 16.3. The first-order valence-corrected chi connectivity index (χ1v) is 5.39. The molecule has 15 heavy (non-hydrogen) atoms. The lowest BCUT2D eigenvalue weighted by molar-refractivity contribution is 0.487. The third-order valence-electron chi connectivity index (χ3n) is 2.39. The van der Waals surface area contributed by atoms with Crippen LogP contribution in [0.1, 0.15) is 43.4 Å². The zero-order valence-electron chi connectivity index (χ0n) is 9.98. The van der Waals surface area contributed by atoms with E-state index in [1.807, 2.05) is 20.8 Å². The molecule has 0 saturated heterocycles. The standard InChI is InChI=1S/C13H19NO/c1-5-7-8-13(14-6-2)12-9-10(3)15-11(12)4/h9,13-14H,6,8H2,1-4H3. The SMILES string of the molecule is CC#CCC(NCC)c1cc(C)oc1C. The third-order valence-corrected chi connectivity index (χ3v) is 2.39. The fourth-order valence-electron chi connectivity index (χ4n) is 1.74. The minimum absolute atomic E-state index is 0.292. The molecule has 2 nitrogen and oxygen atoms in total. The first kappa shape index (κ1) is 11.9. The molecule has 0 aromatic carbocycles. The maximum absolute atomic E-state index is 5.53. The van der Waals surface area contributed by atoms with Gasteiger partial charge >= 0.3 is 0 Å². The summed E-state index contributed by atoms with van der Waals surface area (Å²) in [4.78, 5) is 0. The molecular weight excluding hydrogens is 186 g/mol. The number of aryl methyl sites for hydroxylation is 2. The second-order valence-electron chi connectivity index (χ2n) is 3.61. The van der Waals surface area contributed by atoms with Crippen molar-refractivity contribution in [2.75, 3.05) is 6.54 Å². The van der Waals surface area contributed by atoms with E-state index < -0.39 is 0 Å². The predicted molar refractivity (Wildman–Crippen MR) is 62.7 cm³/mol. The fraction of sp³-hybridized carbons (Fsp3) is 0.538. The number of furan rings is 1. The second-order valence-corrected chi connectivity index (χ2v) is 3.61. The molecule has 1 aromatic heterocycles. The monoisotopic (exact) mass is 205 g/mol. The average Bonchev–Trinajstić information content (AvgIpc) is 2.52. The lowest BCUT2D eigenvalue weighted by Crippen LogP contribution is -2.20. The van der Waals surface area contributed by atoms with E-state index in [0.717, 1.165) is 24.5 Å². The Bertz CT molecular complexity index is 368. The Morgan fingerprint density at radius 1 is 1.47 bits per heavy atom. The second kappa shape index (κ2) is 5.63. The first-order valence-electron chi connectivity index (χ1n) is 5.39.